The van der Waals surface area contributed by atoms with E-state index in [2.05, 4.69) is 4.72 Å². The highest BCUT2D eigenvalue weighted by Crippen LogP contribution is 2.32. The molecule has 2 aromatic rings. The minimum atomic E-state index is -3.61. The summed E-state index contributed by atoms with van der Waals surface area (Å²) in [4.78, 5) is 0.0941. The van der Waals surface area contributed by atoms with Crippen molar-refractivity contribution in [2.45, 2.75) is 4.90 Å². The second kappa shape index (κ2) is 7.09. The maximum atomic E-state index is 14.0. The summed E-state index contributed by atoms with van der Waals surface area (Å²) < 4.78 is 45.4. The Morgan fingerprint density at radius 1 is 1.18 bits per heavy atom. The van der Waals surface area contributed by atoms with Crippen LogP contribution < -0.4 is 9.46 Å². The Balaban J connectivity index is 2.38. The topological polar surface area (TPSA) is 55.4 Å². The minimum Gasteiger partial charge on any atom is -0.496 e. The zero-order valence-electron chi connectivity index (χ0n) is 11.8. The van der Waals surface area contributed by atoms with E-state index in [9.17, 15) is 12.8 Å². The number of sulfonamides is 1. The van der Waals surface area contributed by atoms with Crippen molar-refractivity contribution in [2.75, 3.05) is 19.5 Å². The van der Waals surface area contributed by atoms with Crippen molar-refractivity contribution in [1.82, 2.24) is 4.72 Å². The van der Waals surface area contributed by atoms with Crippen LogP contribution in [0.3, 0.4) is 0 Å². The van der Waals surface area contributed by atoms with Crippen molar-refractivity contribution in [1.29, 1.82) is 0 Å². The fourth-order valence-electron chi connectivity index (χ4n) is 2.01. The van der Waals surface area contributed by atoms with Crippen LogP contribution in [0.1, 0.15) is 0 Å². The maximum absolute atomic E-state index is 14.0. The fraction of sp³-hybridized carbons (Fsp3) is 0.200. The van der Waals surface area contributed by atoms with Crippen molar-refractivity contribution in [3.63, 3.8) is 0 Å². The van der Waals surface area contributed by atoms with Gasteiger partial charge in [-0.25, -0.2) is 17.5 Å². The molecule has 0 aliphatic carbocycles. The summed E-state index contributed by atoms with van der Waals surface area (Å²) in [6.45, 7) is 0.146. The van der Waals surface area contributed by atoms with Crippen LogP contribution in [0, 0.1) is 5.82 Å². The van der Waals surface area contributed by atoms with Crippen LogP contribution in [0.4, 0.5) is 4.39 Å². The molecule has 0 saturated heterocycles. The molecule has 2 aromatic carbocycles. The molecule has 0 aromatic heterocycles. The molecule has 22 heavy (non-hydrogen) atoms. The minimum absolute atomic E-state index is 0.0941. The molecule has 0 amide bonds. The van der Waals surface area contributed by atoms with Gasteiger partial charge in [-0.05, 0) is 29.8 Å². The van der Waals surface area contributed by atoms with Crippen molar-refractivity contribution >= 4 is 21.6 Å². The fourth-order valence-corrected chi connectivity index (χ4v) is 3.25. The number of alkyl halides is 1. The van der Waals surface area contributed by atoms with Gasteiger partial charge < -0.3 is 4.74 Å². The third-order valence-electron chi connectivity index (χ3n) is 3.04. The molecule has 0 bridgehead atoms. The first kappa shape index (κ1) is 16.7. The number of methoxy groups -OCH3 is 1. The van der Waals surface area contributed by atoms with E-state index in [4.69, 9.17) is 16.3 Å². The van der Waals surface area contributed by atoms with Crippen molar-refractivity contribution < 1.29 is 17.5 Å². The zero-order chi connectivity index (χ0) is 16.2. The summed E-state index contributed by atoms with van der Waals surface area (Å²) in [5.74, 6) is 0.134. The van der Waals surface area contributed by atoms with Gasteiger partial charge in [-0.3, -0.25) is 0 Å². The van der Waals surface area contributed by atoms with Crippen LogP contribution in [0.25, 0.3) is 11.1 Å². The standard InChI is InChI=1S/C15H15ClFNO3S/c1-21-14-4-2-3-13(17)15(14)11-5-7-12(8-6-11)22(19,20)18-10-9-16/h2-8,18H,9-10H2,1H3. The molecule has 0 aliphatic heterocycles. The Hall–Kier alpha value is -1.63. The Labute approximate surface area is 133 Å². The summed E-state index contributed by atoms with van der Waals surface area (Å²) in [7, 11) is -2.16. The Morgan fingerprint density at radius 3 is 2.45 bits per heavy atom. The number of halogens is 2. The lowest BCUT2D eigenvalue weighted by atomic mass is 10.0. The molecular formula is C15H15ClFNO3S. The third kappa shape index (κ3) is 3.58. The summed E-state index contributed by atoms with van der Waals surface area (Å²) in [5.41, 5.74) is 0.828. The van der Waals surface area contributed by atoms with Gasteiger partial charge in [0.05, 0.1) is 17.6 Å². The maximum Gasteiger partial charge on any atom is 0.240 e. The van der Waals surface area contributed by atoms with Gasteiger partial charge in [-0.1, -0.05) is 18.2 Å². The summed E-state index contributed by atoms with van der Waals surface area (Å²) in [6, 6.07) is 10.4. The molecule has 0 unspecified atom stereocenters. The van der Waals surface area contributed by atoms with Crippen LogP contribution in [0.2, 0.25) is 0 Å². The molecule has 118 valence electrons. The molecule has 2 rings (SSSR count). The normalized spacial score (nSPS) is 11.4. The van der Waals surface area contributed by atoms with Crippen LogP contribution in [0.5, 0.6) is 5.75 Å². The zero-order valence-corrected chi connectivity index (χ0v) is 13.4. The van der Waals surface area contributed by atoms with E-state index in [1.807, 2.05) is 0 Å². The first-order valence-corrected chi connectivity index (χ1v) is 8.50. The van der Waals surface area contributed by atoms with E-state index in [1.54, 1.807) is 12.1 Å². The summed E-state index contributed by atoms with van der Waals surface area (Å²) in [6.07, 6.45) is 0. The number of hydrogen-bond donors (Lipinski definition) is 1. The van der Waals surface area contributed by atoms with Crippen LogP contribution >= 0.6 is 11.6 Å². The predicted octanol–water partition coefficient (Wildman–Crippen LogP) is 3.02. The molecule has 0 aliphatic rings. The van der Waals surface area contributed by atoms with Gasteiger partial charge in [-0.15, -0.1) is 11.6 Å². The smallest absolute Gasteiger partial charge is 0.240 e. The Kier molecular flexibility index (Phi) is 5.39. The monoisotopic (exact) mass is 343 g/mol. The van der Waals surface area contributed by atoms with E-state index in [-0.39, 0.29) is 17.3 Å². The highest BCUT2D eigenvalue weighted by Gasteiger charge is 2.15. The number of nitrogens with one attached hydrogen (secondary N) is 1. The van der Waals surface area contributed by atoms with Crippen LogP contribution in [0.15, 0.2) is 47.4 Å². The van der Waals surface area contributed by atoms with Gasteiger partial charge in [0.25, 0.3) is 0 Å². The van der Waals surface area contributed by atoms with Crippen molar-refractivity contribution in [3.8, 4) is 16.9 Å². The highest BCUT2D eigenvalue weighted by atomic mass is 35.5. The average molecular weight is 344 g/mol. The molecule has 0 radical (unpaired) electrons. The first-order chi connectivity index (χ1) is 10.5. The highest BCUT2D eigenvalue weighted by molar-refractivity contribution is 7.89. The van der Waals surface area contributed by atoms with Crippen molar-refractivity contribution in [3.05, 3.63) is 48.3 Å². The van der Waals surface area contributed by atoms with Gasteiger partial charge >= 0.3 is 0 Å². The second-order valence-corrected chi connectivity index (χ2v) is 6.57. The number of benzene rings is 2. The van der Waals surface area contributed by atoms with E-state index in [0.717, 1.165) is 0 Å². The number of rotatable bonds is 6. The molecule has 4 nitrogen and oxygen atoms in total. The molecule has 0 atom stereocenters. The summed E-state index contributed by atoms with van der Waals surface area (Å²) in [5, 5.41) is 0. The molecule has 1 N–H and O–H groups in total. The van der Waals surface area contributed by atoms with Gasteiger partial charge in [0.2, 0.25) is 10.0 Å². The number of ether oxygens (including phenoxy) is 1. The van der Waals surface area contributed by atoms with Gasteiger partial charge in [0.1, 0.15) is 11.6 Å². The molecule has 0 saturated carbocycles. The Bertz CT molecular complexity index is 748. The average Bonchev–Trinajstić information content (AvgIpc) is 2.53. The lowest BCUT2D eigenvalue weighted by Gasteiger charge is -2.11. The largest absolute Gasteiger partial charge is 0.496 e. The van der Waals surface area contributed by atoms with Gasteiger partial charge in [0, 0.05) is 12.4 Å². The van der Waals surface area contributed by atoms with E-state index < -0.39 is 15.8 Å². The molecule has 0 fully saturated rings. The van der Waals surface area contributed by atoms with Crippen LogP contribution in [-0.2, 0) is 10.0 Å². The molecular weight excluding hydrogens is 329 g/mol. The second-order valence-electron chi connectivity index (χ2n) is 4.43. The van der Waals surface area contributed by atoms with Crippen molar-refractivity contribution in [2.24, 2.45) is 0 Å². The lowest BCUT2D eigenvalue weighted by Crippen LogP contribution is -2.25. The lowest BCUT2D eigenvalue weighted by molar-refractivity contribution is 0.413. The van der Waals surface area contributed by atoms with E-state index >= 15 is 0 Å². The molecule has 0 heterocycles. The van der Waals surface area contributed by atoms with Gasteiger partial charge in [-0.2, -0.15) is 0 Å². The SMILES string of the molecule is COc1cccc(F)c1-c1ccc(S(=O)(=O)NCCCl)cc1. The van der Waals surface area contributed by atoms with Gasteiger partial charge in [0.15, 0.2) is 0 Å². The summed E-state index contributed by atoms with van der Waals surface area (Å²) >= 11 is 5.47. The quantitative estimate of drug-likeness (QED) is 0.820. The first-order valence-electron chi connectivity index (χ1n) is 6.48. The van der Waals surface area contributed by atoms with E-state index in [1.165, 1.54) is 37.4 Å². The number of hydrogen-bond acceptors (Lipinski definition) is 3. The molecule has 0 spiro atoms. The van der Waals surface area contributed by atoms with E-state index in [0.29, 0.717) is 16.9 Å². The molecule has 7 heteroatoms. The third-order valence-corrected chi connectivity index (χ3v) is 4.70. The van der Waals surface area contributed by atoms with Crippen LogP contribution in [-0.4, -0.2) is 28.0 Å². The predicted molar refractivity (Wildman–Crippen MR) is 84.3 cm³/mol. The Morgan fingerprint density at radius 2 is 1.86 bits per heavy atom.